The number of quaternary nitrogens is 1. The van der Waals surface area contributed by atoms with Crippen molar-refractivity contribution in [3.8, 4) is 34.1 Å². The number of hydrogen-bond donors (Lipinski definition) is 1. The van der Waals surface area contributed by atoms with Crippen LogP contribution >= 0.6 is 0 Å². The quantitative estimate of drug-likeness (QED) is 0.520. The van der Waals surface area contributed by atoms with Crippen LogP contribution in [-0.4, -0.2) is 39.5 Å². The Kier molecular flexibility index (Phi) is 7.82. The Labute approximate surface area is 183 Å². The van der Waals surface area contributed by atoms with Crippen molar-refractivity contribution in [3.05, 3.63) is 72.8 Å². The molecule has 1 heterocycles. The average molecular weight is 428 g/mol. The summed E-state index contributed by atoms with van der Waals surface area (Å²) in [6, 6.07) is 24.0. The lowest BCUT2D eigenvalue weighted by Gasteiger charge is -2.25. The van der Waals surface area contributed by atoms with Crippen molar-refractivity contribution in [3.63, 3.8) is 0 Å². The molecule has 0 radical (unpaired) electrons. The highest BCUT2D eigenvalue weighted by molar-refractivity contribution is 5.73. The molecular weight excluding hydrogens is 402 g/mol. The number of methoxy groups -OCH3 is 1. The van der Waals surface area contributed by atoms with E-state index in [0.29, 0.717) is 13.2 Å². The SMILES string of the molecule is COc1cccc(-c2ccccc2)c1OCC[NH2+]C[C@H]1COc2ccccc2O1.[Cl-]. The van der Waals surface area contributed by atoms with E-state index in [4.69, 9.17) is 18.9 Å². The minimum atomic E-state index is 0. The summed E-state index contributed by atoms with van der Waals surface area (Å²) in [5.41, 5.74) is 2.14. The third-order valence-corrected chi connectivity index (χ3v) is 4.85. The Morgan fingerprint density at radius 2 is 1.70 bits per heavy atom. The maximum absolute atomic E-state index is 6.13. The highest BCUT2D eigenvalue weighted by Crippen LogP contribution is 2.37. The molecule has 2 N–H and O–H groups in total. The lowest BCUT2D eigenvalue weighted by atomic mass is 10.0. The number of hydrogen-bond acceptors (Lipinski definition) is 4. The molecule has 1 atom stereocenters. The van der Waals surface area contributed by atoms with Gasteiger partial charge in [0.1, 0.15) is 26.3 Å². The van der Waals surface area contributed by atoms with Gasteiger partial charge in [-0.1, -0.05) is 54.6 Å². The molecule has 1 aliphatic rings. The molecule has 30 heavy (non-hydrogen) atoms. The lowest BCUT2D eigenvalue weighted by molar-refractivity contribution is -0.661. The number of benzene rings is 3. The van der Waals surface area contributed by atoms with Gasteiger partial charge in [-0.2, -0.15) is 0 Å². The average Bonchev–Trinajstić information content (AvgIpc) is 2.79. The number of nitrogens with two attached hydrogens (primary N) is 1. The molecule has 158 valence electrons. The van der Waals surface area contributed by atoms with Gasteiger partial charge in [-0.3, -0.25) is 0 Å². The van der Waals surface area contributed by atoms with Crippen LogP contribution in [-0.2, 0) is 0 Å². The van der Waals surface area contributed by atoms with E-state index in [0.717, 1.165) is 47.2 Å². The summed E-state index contributed by atoms with van der Waals surface area (Å²) in [6.07, 6.45) is 0.0380. The minimum absolute atomic E-state index is 0. The van der Waals surface area contributed by atoms with Crippen LogP contribution in [0, 0.1) is 0 Å². The molecule has 0 saturated heterocycles. The first-order valence-electron chi connectivity index (χ1n) is 9.90. The molecule has 6 heteroatoms. The van der Waals surface area contributed by atoms with Crippen molar-refractivity contribution in [2.75, 3.05) is 33.4 Å². The zero-order valence-corrected chi connectivity index (χ0v) is 17.7. The molecule has 1 aliphatic heterocycles. The van der Waals surface area contributed by atoms with Gasteiger partial charge in [0.05, 0.1) is 7.11 Å². The Morgan fingerprint density at radius 1 is 0.933 bits per heavy atom. The van der Waals surface area contributed by atoms with Crippen LogP contribution < -0.4 is 36.7 Å². The molecule has 0 aromatic heterocycles. The maximum Gasteiger partial charge on any atom is 0.181 e. The summed E-state index contributed by atoms with van der Waals surface area (Å²) in [5.74, 6) is 3.15. The predicted octanol–water partition coefficient (Wildman–Crippen LogP) is 0.148. The van der Waals surface area contributed by atoms with Crippen molar-refractivity contribution >= 4 is 0 Å². The van der Waals surface area contributed by atoms with Crippen molar-refractivity contribution in [2.45, 2.75) is 6.10 Å². The molecule has 0 bridgehead atoms. The normalized spacial score (nSPS) is 14.5. The van der Waals surface area contributed by atoms with Crippen LogP contribution in [0.5, 0.6) is 23.0 Å². The second-order valence-electron chi connectivity index (χ2n) is 6.86. The first kappa shape index (κ1) is 21.8. The summed E-state index contributed by atoms with van der Waals surface area (Å²) in [5, 5.41) is 2.19. The number of rotatable bonds is 8. The number of ether oxygens (including phenoxy) is 4. The third-order valence-electron chi connectivity index (χ3n) is 4.85. The summed E-state index contributed by atoms with van der Waals surface area (Å²) >= 11 is 0. The Hall–Kier alpha value is -2.89. The summed E-state index contributed by atoms with van der Waals surface area (Å²) in [6.45, 7) is 2.77. The lowest BCUT2D eigenvalue weighted by Crippen LogP contribution is -3.00. The van der Waals surface area contributed by atoms with Gasteiger partial charge in [0.15, 0.2) is 29.1 Å². The second kappa shape index (κ2) is 10.8. The second-order valence-corrected chi connectivity index (χ2v) is 6.86. The molecule has 3 aromatic rings. The first-order valence-corrected chi connectivity index (χ1v) is 9.90. The van der Waals surface area contributed by atoms with Gasteiger partial charge in [-0.25, -0.2) is 0 Å². The van der Waals surface area contributed by atoms with Crippen molar-refractivity contribution in [2.24, 2.45) is 0 Å². The van der Waals surface area contributed by atoms with Crippen LogP contribution in [0.25, 0.3) is 11.1 Å². The topological polar surface area (TPSA) is 53.5 Å². The highest BCUT2D eigenvalue weighted by atomic mass is 35.5. The molecule has 3 aromatic carbocycles. The molecule has 0 amide bonds. The van der Waals surface area contributed by atoms with Gasteiger partial charge < -0.3 is 36.7 Å². The monoisotopic (exact) mass is 427 g/mol. The van der Waals surface area contributed by atoms with E-state index in [1.807, 2.05) is 54.6 Å². The Morgan fingerprint density at radius 3 is 2.50 bits per heavy atom. The summed E-state index contributed by atoms with van der Waals surface area (Å²) < 4.78 is 23.4. The maximum atomic E-state index is 6.13. The highest BCUT2D eigenvalue weighted by Gasteiger charge is 2.21. The van der Waals surface area contributed by atoms with Crippen LogP contribution in [0.15, 0.2) is 72.8 Å². The summed E-state index contributed by atoms with van der Waals surface area (Å²) in [4.78, 5) is 0. The molecule has 5 nitrogen and oxygen atoms in total. The number of fused-ring (bicyclic) bond motifs is 1. The van der Waals surface area contributed by atoms with E-state index in [2.05, 4.69) is 23.5 Å². The fourth-order valence-electron chi connectivity index (χ4n) is 3.40. The van der Waals surface area contributed by atoms with Gasteiger partial charge in [-0.05, 0) is 23.8 Å². The largest absolute Gasteiger partial charge is 1.00 e. The molecule has 0 spiro atoms. The minimum Gasteiger partial charge on any atom is -1.00 e. The Balaban J connectivity index is 0.00000256. The van der Waals surface area contributed by atoms with E-state index in [1.54, 1.807) is 7.11 Å². The van der Waals surface area contributed by atoms with E-state index in [9.17, 15) is 0 Å². The standard InChI is InChI=1S/C24H25NO4.ClH/c1-26-23-13-7-10-20(18-8-3-2-4-9-18)24(23)27-15-14-25-16-19-17-28-21-11-5-6-12-22(21)29-19;/h2-13,19,25H,14-17H2,1H3;1H/t19-;/m0./s1. The fourth-order valence-corrected chi connectivity index (χ4v) is 3.40. The van der Waals surface area contributed by atoms with Gasteiger partial charge in [0, 0.05) is 5.56 Å². The predicted molar refractivity (Wildman–Crippen MR) is 112 cm³/mol. The van der Waals surface area contributed by atoms with Crippen LogP contribution in [0.4, 0.5) is 0 Å². The summed E-state index contributed by atoms with van der Waals surface area (Å²) in [7, 11) is 1.67. The van der Waals surface area contributed by atoms with E-state index >= 15 is 0 Å². The molecule has 0 fully saturated rings. The van der Waals surface area contributed by atoms with Gasteiger partial charge in [0.25, 0.3) is 0 Å². The van der Waals surface area contributed by atoms with Crippen LogP contribution in [0.3, 0.4) is 0 Å². The van der Waals surface area contributed by atoms with Crippen LogP contribution in [0.1, 0.15) is 0 Å². The zero-order valence-electron chi connectivity index (χ0n) is 16.9. The van der Waals surface area contributed by atoms with E-state index < -0.39 is 0 Å². The zero-order chi connectivity index (χ0) is 19.9. The van der Waals surface area contributed by atoms with Gasteiger partial charge >= 0.3 is 0 Å². The molecular formula is C24H26ClNO4. The van der Waals surface area contributed by atoms with Crippen molar-refractivity contribution in [1.29, 1.82) is 0 Å². The molecule has 0 aliphatic carbocycles. The number of halogens is 1. The van der Waals surface area contributed by atoms with Crippen molar-refractivity contribution in [1.82, 2.24) is 0 Å². The molecule has 0 unspecified atom stereocenters. The third kappa shape index (κ3) is 5.17. The van der Waals surface area contributed by atoms with E-state index in [-0.39, 0.29) is 18.5 Å². The van der Waals surface area contributed by atoms with Crippen LogP contribution in [0.2, 0.25) is 0 Å². The fraction of sp³-hybridized carbons (Fsp3) is 0.250. The van der Waals surface area contributed by atoms with E-state index in [1.165, 1.54) is 0 Å². The molecule has 0 saturated carbocycles. The first-order chi connectivity index (χ1) is 14.3. The number of para-hydroxylation sites is 3. The smallest absolute Gasteiger partial charge is 0.181 e. The van der Waals surface area contributed by atoms with Gasteiger partial charge in [0.2, 0.25) is 0 Å². The Bertz CT molecular complexity index is 935. The van der Waals surface area contributed by atoms with Gasteiger partial charge in [-0.15, -0.1) is 0 Å². The van der Waals surface area contributed by atoms with Crippen molar-refractivity contribution < 1.29 is 36.7 Å². The molecule has 4 rings (SSSR count).